The van der Waals surface area contributed by atoms with E-state index in [1.54, 1.807) is 12.4 Å². The zero-order valence-corrected chi connectivity index (χ0v) is 8.86. The zero-order valence-electron chi connectivity index (χ0n) is 8.04. The lowest BCUT2D eigenvalue weighted by molar-refractivity contribution is 0.406. The number of aromatic nitrogens is 4. The van der Waals surface area contributed by atoms with Gasteiger partial charge in [0.1, 0.15) is 0 Å². The largest absolute Gasteiger partial charge is 0.348 e. The molecule has 5 nitrogen and oxygen atoms in total. The lowest BCUT2D eigenvalue weighted by atomic mass is 10.2. The Kier molecular flexibility index (Phi) is 2.00. The zero-order chi connectivity index (χ0) is 11.0. The first-order valence-corrected chi connectivity index (χ1v) is 5.00. The summed E-state index contributed by atoms with van der Waals surface area (Å²) in [7, 11) is 0. The lowest BCUT2D eigenvalue weighted by Crippen LogP contribution is -1.85. The second-order valence-electron chi connectivity index (χ2n) is 3.19. The van der Waals surface area contributed by atoms with Crippen molar-refractivity contribution in [2.75, 3.05) is 0 Å². The van der Waals surface area contributed by atoms with Crippen molar-refractivity contribution >= 4 is 23.3 Å². The summed E-state index contributed by atoms with van der Waals surface area (Å²) in [5.41, 5.74) is 2.52. The number of H-pyrrole nitrogens is 1. The van der Waals surface area contributed by atoms with Gasteiger partial charge in [0.25, 0.3) is 0 Å². The molecular weight excluding hydrogens is 224 g/mol. The topological polar surface area (TPSA) is 67.6 Å². The molecule has 3 aromatic rings. The molecular formula is C10H6N4OS. The van der Waals surface area contributed by atoms with Gasteiger partial charge in [0.15, 0.2) is 5.82 Å². The van der Waals surface area contributed by atoms with Gasteiger partial charge in [0, 0.05) is 18.0 Å². The van der Waals surface area contributed by atoms with Crippen molar-refractivity contribution in [3.05, 3.63) is 35.4 Å². The molecule has 1 N–H and O–H groups in total. The summed E-state index contributed by atoms with van der Waals surface area (Å²) in [6.45, 7) is 0. The molecule has 0 spiro atoms. The molecule has 0 unspecified atom stereocenters. The van der Waals surface area contributed by atoms with E-state index in [0.717, 1.165) is 16.6 Å². The number of benzene rings is 1. The molecule has 2 heterocycles. The Bertz CT molecular complexity index is 703. The second kappa shape index (κ2) is 3.49. The van der Waals surface area contributed by atoms with Crippen LogP contribution < -0.4 is 0 Å². The minimum Gasteiger partial charge on any atom is -0.348 e. The quantitative estimate of drug-likeness (QED) is 0.650. The Labute approximate surface area is 95.2 Å². The van der Waals surface area contributed by atoms with Crippen molar-refractivity contribution in [2.45, 2.75) is 0 Å². The highest BCUT2D eigenvalue weighted by molar-refractivity contribution is 7.71. The molecule has 1 aromatic carbocycles. The van der Waals surface area contributed by atoms with Crippen LogP contribution >= 0.6 is 12.2 Å². The van der Waals surface area contributed by atoms with Gasteiger partial charge in [-0.1, -0.05) is 0 Å². The molecule has 0 radical (unpaired) electrons. The van der Waals surface area contributed by atoms with Crippen LogP contribution in [-0.2, 0) is 0 Å². The lowest BCUT2D eigenvalue weighted by Gasteiger charge is -1.97. The molecule has 0 bridgehead atoms. The molecule has 78 valence electrons. The summed E-state index contributed by atoms with van der Waals surface area (Å²) in [5, 5.41) is 2.65. The molecule has 0 atom stereocenters. The highest BCUT2D eigenvalue weighted by Crippen LogP contribution is 2.18. The van der Waals surface area contributed by atoms with Crippen LogP contribution in [0, 0.1) is 4.84 Å². The van der Waals surface area contributed by atoms with E-state index in [-0.39, 0.29) is 4.84 Å². The average Bonchev–Trinajstić information content (AvgIpc) is 2.75. The van der Waals surface area contributed by atoms with E-state index in [4.69, 9.17) is 16.7 Å². The summed E-state index contributed by atoms with van der Waals surface area (Å²) < 4.78 is 4.87. The number of nitrogens with one attached hydrogen (secondary N) is 1. The third kappa shape index (κ3) is 1.49. The van der Waals surface area contributed by atoms with Crippen LogP contribution in [-0.4, -0.2) is 20.1 Å². The van der Waals surface area contributed by atoms with Crippen LogP contribution in [0.4, 0.5) is 0 Å². The molecule has 0 aliphatic heterocycles. The first-order chi connectivity index (χ1) is 7.83. The van der Waals surface area contributed by atoms with E-state index in [9.17, 15) is 0 Å². The minimum atomic E-state index is 0.189. The van der Waals surface area contributed by atoms with Crippen molar-refractivity contribution < 1.29 is 4.52 Å². The molecule has 0 aliphatic carbocycles. The third-order valence-corrected chi connectivity index (χ3v) is 2.36. The van der Waals surface area contributed by atoms with Crippen molar-refractivity contribution in [3.63, 3.8) is 0 Å². The Morgan fingerprint density at radius 3 is 2.69 bits per heavy atom. The maximum Gasteiger partial charge on any atom is 0.314 e. The van der Waals surface area contributed by atoms with Gasteiger partial charge in [-0.15, -0.1) is 0 Å². The standard InChI is InChI=1S/C10H6N4OS/c16-10-13-9(14-15-10)6-1-2-7-8(5-6)12-4-3-11-7/h1-5H,(H,13,14,16). The molecule has 0 fully saturated rings. The Morgan fingerprint density at radius 1 is 1.12 bits per heavy atom. The van der Waals surface area contributed by atoms with Gasteiger partial charge in [-0.2, -0.15) is 4.98 Å². The molecule has 0 saturated heterocycles. The maximum absolute atomic E-state index is 4.87. The van der Waals surface area contributed by atoms with Gasteiger partial charge in [-0.25, -0.2) is 5.16 Å². The molecule has 3 rings (SSSR count). The SMILES string of the molecule is S=c1nc(-c2ccc3nccnc3c2)[nH]o1. The first kappa shape index (κ1) is 9.17. The second-order valence-corrected chi connectivity index (χ2v) is 3.54. The number of rotatable bonds is 1. The van der Waals surface area contributed by atoms with Gasteiger partial charge >= 0.3 is 4.84 Å². The monoisotopic (exact) mass is 230 g/mol. The van der Waals surface area contributed by atoms with Crippen molar-refractivity contribution in [1.82, 2.24) is 20.1 Å². The van der Waals surface area contributed by atoms with E-state index in [0.29, 0.717) is 5.82 Å². The van der Waals surface area contributed by atoms with Crippen molar-refractivity contribution in [2.24, 2.45) is 0 Å². The van der Waals surface area contributed by atoms with Crippen molar-refractivity contribution in [3.8, 4) is 11.4 Å². The van der Waals surface area contributed by atoms with E-state index in [1.165, 1.54) is 0 Å². The van der Waals surface area contributed by atoms with Gasteiger partial charge < -0.3 is 4.52 Å². The number of aromatic amines is 1. The summed E-state index contributed by atoms with van der Waals surface area (Å²) in [6, 6.07) is 5.65. The fourth-order valence-corrected chi connectivity index (χ4v) is 1.60. The van der Waals surface area contributed by atoms with Gasteiger partial charge in [-0.05, 0) is 30.4 Å². The predicted octanol–water partition coefficient (Wildman–Crippen LogP) is 2.34. The van der Waals surface area contributed by atoms with E-state index in [2.05, 4.69) is 20.1 Å². The predicted molar refractivity (Wildman–Crippen MR) is 60.2 cm³/mol. The number of fused-ring (bicyclic) bond motifs is 1. The third-order valence-electron chi connectivity index (χ3n) is 2.18. The highest BCUT2D eigenvalue weighted by atomic mass is 32.1. The summed E-state index contributed by atoms with van der Waals surface area (Å²) >= 11 is 4.79. The van der Waals surface area contributed by atoms with Crippen LogP contribution in [0.2, 0.25) is 0 Å². The fraction of sp³-hybridized carbons (Fsp3) is 0. The molecule has 2 aromatic heterocycles. The number of hydrogen-bond donors (Lipinski definition) is 1. The van der Waals surface area contributed by atoms with Crippen LogP contribution in [0.3, 0.4) is 0 Å². The smallest absolute Gasteiger partial charge is 0.314 e. The molecule has 16 heavy (non-hydrogen) atoms. The Hall–Kier alpha value is -2.08. The summed E-state index contributed by atoms with van der Waals surface area (Å²) in [4.78, 5) is 12.6. The van der Waals surface area contributed by atoms with Crippen LogP contribution in [0.15, 0.2) is 35.1 Å². The van der Waals surface area contributed by atoms with Gasteiger partial charge in [-0.3, -0.25) is 9.97 Å². The molecule has 6 heteroatoms. The Morgan fingerprint density at radius 2 is 1.94 bits per heavy atom. The normalized spacial score (nSPS) is 10.8. The molecule has 0 aliphatic rings. The maximum atomic E-state index is 4.87. The highest BCUT2D eigenvalue weighted by Gasteiger charge is 2.04. The average molecular weight is 230 g/mol. The number of hydrogen-bond acceptors (Lipinski definition) is 5. The fourth-order valence-electron chi connectivity index (χ4n) is 1.46. The summed E-state index contributed by atoms with van der Waals surface area (Å²) in [6.07, 6.45) is 3.31. The van der Waals surface area contributed by atoms with Gasteiger partial charge in [0.05, 0.1) is 11.0 Å². The van der Waals surface area contributed by atoms with Crippen molar-refractivity contribution in [1.29, 1.82) is 0 Å². The molecule has 0 amide bonds. The van der Waals surface area contributed by atoms with E-state index in [1.807, 2.05) is 18.2 Å². The first-order valence-electron chi connectivity index (χ1n) is 4.59. The summed E-state index contributed by atoms with van der Waals surface area (Å²) in [5.74, 6) is 0.595. The van der Waals surface area contributed by atoms with Crippen LogP contribution in [0.25, 0.3) is 22.4 Å². The molecule has 0 saturated carbocycles. The minimum absolute atomic E-state index is 0.189. The van der Waals surface area contributed by atoms with Crippen LogP contribution in [0.1, 0.15) is 0 Å². The van der Waals surface area contributed by atoms with Crippen LogP contribution in [0.5, 0.6) is 0 Å². The Balaban J connectivity index is 2.22. The number of nitrogens with zero attached hydrogens (tertiary/aromatic N) is 3. The van der Waals surface area contributed by atoms with E-state index >= 15 is 0 Å². The van der Waals surface area contributed by atoms with E-state index < -0.39 is 0 Å². The van der Waals surface area contributed by atoms with Gasteiger partial charge in [0.2, 0.25) is 0 Å².